The Balaban J connectivity index is 2.57. The molecule has 0 saturated carbocycles. The van der Waals surface area contributed by atoms with E-state index in [4.69, 9.17) is 14.6 Å². The lowest BCUT2D eigenvalue weighted by Crippen LogP contribution is -2.17. The van der Waals surface area contributed by atoms with E-state index >= 15 is 0 Å². The van der Waals surface area contributed by atoms with Gasteiger partial charge in [0.25, 0.3) is 0 Å². The van der Waals surface area contributed by atoms with Gasteiger partial charge in [0, 0.05) is 10.0 Å². The number of fused-ring (bicyclic) bond motifs is 1. The molecule has 1 heterocycles. The maximum atomic E-state index is 13.6. The van der Waals surface area contributed by atoms with Crippen molar-refractivity contribution in [1.29, 1.82) is 0 Å². The summed E-state index contributed by atoms with van der Waals surface area (Å²) in [5, 5.41) is 8.93. The monoisotopic (exact) mass is 262 g/mol. The summed E-state index contributed by atoms with van der Waals surface area (Å²) >= 11 is 3.15. The molecule has 0 radical (unpaired) electrons. The van der Waals surface area contributed by atoms with Gasteiger partial charge in [-0.1, -0.05) is 15.9 Å². The summed E-state index contributed by atoms with van der Waals surface area (Å²) in [6.45, 7) is 0.372. The summed E-state index contributed by atoms with van der Waals surface area (Å²) < 4.78 is 24.4. The molecule has 0 spiro atoms. The lowest BCUT2D eigenvalue weighted by atomic mass is 10.2. The number of ether oxygens (including phenoxy) is 2. The summed E-state index contributed by atoms with van der Waals surface area (Å²) in [6, 6.07) is 1.60. The largest absolute Gasteiger partial charge is 0.486 e. The third-order valence-corrected chi connectivity index (χ3v) is 2.69. The highest BCUT2D eigenvalue weighted by Gasteiger charge is 2.21. The van der Waals surface area contributed by atoms with E-state index in [2.05, 4.69) is 15.9 Å². The van der Waals surface area contributed by atoms with Crippen LogP contribution in [0.15, 0.2) is 10.5 Å². The first-order valence-corrected chi connectivity index (χ1v) is 4.90. The molecule has 1 aliphatic rings. The SMILES string of the molecule is OCc1c(Br)cc2c(c1F)OCCO2. The zero-order valence-corrected chi connectivity index (χ0v) is 8.80. The fourth-order valence-electron chi connectivity index (χ4n) is 1.30. The molecule has 1 N–H and O–H groups in total. The molecule has 0 amide bonds. The Hall–Kier alpha value is -0.810. The lowest BCUT2D eigenvalue weighted by Gasteiger charge is -2.20. The van der Waals surface area contributed by atoms with E-state index in [-0.39, 0.29) is 17.9 Å². The molecule has 0 fully saturated rings. The molecule has 0 aliphatic carbocycles. The molecule has 0 bridgehead atoms. The predicted molar refractivity (Wildman–Crippen MR) is 51.0 cm³/mol. The van der Waals surface area contributed by atoms with Crippen LogP contribution in [0.5, 0.6) is 11.5 Å². The third kappa shape index (κ3) is 1.46. The highest BCUT2D eigenvalue weighted by molar-refractivity contribution is 9.10. The quantitative estimate of drug-likeness (QED) is 0.840. The van der Waals surface area contributed by atoms with E-state index in [9.17, 15) is 4.39 Å². The molecule has 1 aromatic rings. The molecule has 0 atom stereocenters. The number of aliphatic hydroxyl groups excluding tert-OH is 1. The predicted octanol–water partition coefficient (Wildman–Crippen LogP) is 1.85. The summed E-state index contributed by atoms with van der Waals surface area (Å²) in [5.74, 6) is -0.0992. The number of aliphatic hydroxyl groups is 1. The van der Waals surface area contributed by atoms with Gasteiger partial charge in [-0.3, -0.25) is 0 Å². The average molecular weight is 263 g/mol. The first kappa shape index (κ1) is 9.73. The van der Waals surface area contributed by atoms with Crippen molar-refractivity contribution < 1.29 is 19.0 Å². The number of rotatable bonds is 1. The second-order valence-electron chi connectivity index (χ2n) is 2.83. The van der Waals surface area contributed by atoms with Crippen LogP contribution in [0.25, 0.3) is 0 Å². The van der Waals surface area contributed by atoms with Gasteiger partial charge in [0.2, 0.25) is 0 Å². The lowest BCUT2D eigenvalue weighted by molar-refractivity contribution is 0.162. The molecular weight excluding hydrogens is 255 g/mol. The molecule has 0 unspecified atom stereocenters. The van der Waals surface area contributed by atoms with Crippen molar-refractivity contribution in [2.24, 2.45) is 0 Å². The van der Waals surface area contributed by atoms with E-state index in [0.717, 1.165) is 0 Å². The molecule has 14 heavy (non-hydrogen) atoms. The van der Waals surface area contributed by atoms with E-state index < -0.39 is 5.82 Å². The molecule has 5 heteroatoms. The minimum absolute atomic E-state index is 0.0866. The van der Waals surface area contributed by atoms with Crippen LogP contribution in [-0.2, 0) is 6.61 Å². The maximum absolute atomic E-state index is 13.6. The van der Waals surface area contributed by atoms with Crippen molar-refractivity contribution in [3.63, 3.8) is 0 Å². The van der Waals surface area contributed by atoms with Crippen molar-refractivity contribution in [2.75, 3.05) is 13.2 Å². The van der Waals surface area contributed by atoms with Gasteiger partial charge >= 0.3 is 0 Å². The van der Waals surface area contributed by atoms with Gasteiger partial charge in [0.05, 0.1) is 6.61 Å². The number of hydrogen-bond donors (Lipinski definition) is 1. The fourth-order valence-corrected chi connectivity index (χ4v) is 1.81. The Bertz CT molecular complexity index is 368. The van der Waals surface area contributed by atoms with Crippen LogP contribution >= 0.6 is 15.9 Å². The summed E-state index contributed by atoms with van der Waals surface area (Å²) in [7, 11) is 0. The summed E-state index contributed by atoms with van der Waals surface area (Å²) in [5.41, 5.74) is 0.189. The second kappa shape index (κ2) is 3.74. The topological polar surface area (TPSA) is 38.7 Å². The van der Waals surface area contributed by atoms with Crippen LogP contribution < -0.4 is 9.47 Å². The Kier molecular flexibility index (Phi) is 2.60. The van der Waals surface area contributed by atoms with Gasteiger partial charge in [-0.2, -0.15) is 0 Å². The third-order valence-electron chi connectivity index (χ3n) is 1.98. The maximum Gasteiger partial charge on any atom is 0.197 e. The van der Waals surface area contributed by atoms with Crippen LogP contribution in [0.2, 0.25) is 0 Å². The molecule has 1 aromatic carbocycles. The van der Waals surface area contributed by atoms with E-state index in [1.54, 1.807) is 6.07 Å². The second-order valence-corrected chi connectivity index (χ2v) is 3.69. The molecule has 2 rings (SSSR count). The Morgan fingerprint density at radius 2 is 2.14 bits per heavy atom. The van der Waals surface area contributed by atoms with Crippen molar-refractivity contribution in [1.82, 2.24) is 0 Å². The summed E-state index contributed by atoms with van der Waals surface area (Å²) in [4.78, 5) is 0. The number of hydrogen-bond acceptors (Lipinski definition) is 3. The first-order valence-electron chi connectivity index (χ1n) is 4.11. The molecular formula is C9H8BrFO3. The Labute approximate surface area is 88.6 Å². The molecule has 0 saturated heterocycles. The Morgan fingerprint density at radius 1 is 1.43 bits per heavy atom. The van der Waals surface area contributed by atoms with E-state index in [1.807, 2.05) is 0 Å². The van der Waals surface area contributed by atoms with Crippen LogP contribution in [0.1, 0.15) is 5.56 Å². The average Bonchev–Trinajstić information content (AvgIpc) is 2.18. The van der Waals surface area contributed by atoms with E-state index in [1.165, 1.54) is 0 Å². The smallest absolute Gasteiger partial charge is 0.197 e. The van der Waals surface area contributed by atoms with Crippen LogP contribution in [0, 0.1) is 5.82 Å². The van der Waals surface area contributed by atoms with Crippen molar-refractivity contribution in [3.05, 3.63) is 21.9 Å². The Morgan fingerprint density at radius 3 is 2.86 bits per heavy atom. The molecule has 76 valence electrons. The summed E-state index contributed by atoms with van der Waals surface area (Å²) in [6.07, 6.45) is 0. The van der Waals surface area contributed by atoms with Gasteiger partial charge in [0.15, 0.2) is 17.3 Å². The standard InChI is InChI=1S/C9H8BrFO3/c10-6-3-7-9(14-2-1-13-7)8(11)5(6)4-12/h3,12H,1-2,4H2. The molecule has 3 nitrogen and oxygen atoms in total. The van der Waals surface area contributed by atoms with Gasteiger partial charge in [-0.25, -0.2) is 4.39 Å². The minimum Gasteiger partial charge on any atom is -0.486 e. The van der Waals surface area contributed by atoms with Gasteiger partial charge in [0.1, 0.15) is 13.2 Å². The molecule has 1 aliphatic heterocycles. The zero-order valence-electron chi connectivity index (χ0n) is 7.22. The van der Waals surface area contributed by atoms with Crippen LogP contribution in [0.3, 0.4) is 0 Å². The van der Waals surface area contributed by atoms with Gasteiger partial charge < -0.3 is 14.6 Å². The van der Waals surface area contributed by atoms with Gasteiger partial charge in [-0.15, -0.1) is 0 Å². The van der Waals surface area contributed by atoms with Crippen molar-refractivity contribution in [3.8, 4) is 11.5 Å². The highest BCUT2D eigenvalue weighted by Crippen LogP contribution is 2.38. The number of benzene rings is 1. The van der Waals surface area contributed by atoms with Crippen molar-refractivity contribution >= 4 is 15.9 Å². The fraction of sp³-hybridized carbons (Fsp3) is 0.333. The van der Waals surface area contributed by atoms with E-state index in [0.29, 0.717) is 23.4 Å². The first-order chi connectivity index (χ1) is 6.74. The van der Waals surface area contributed by atoms with Crippen LogP contribution in [0.4, 0.5) is 4.39 Å². The van der Waals surface area contributed by atoms with Crippen molar-refractivity contribution in [2.45, 2.75) is 6.61 Å². The normalized spacial score (nSPS) is 14.2. The number of halogens is 2. The van der Waals surface area contributed by atoms with Gasteiger partial charge in [-0.05, 0) is 6.07 Å². The van der Waals surface area contributed by atoms with Crippen LogP contribution in [-0.4, -0.2) is 18.3 Å². The highest BCUT2D eigenvalue weighted by atomic mass is 79.9. The zero-order chi connectivity index (χ0) is 10.1. The minimum atomic E-state index is -0.559. The molecule has 0 aromatic heterocycles.